The number of ether oxygens (including phenoxy) is 2. The molecule has 23 heavy (non-hydrogen) atoms. The van der Waals surface area contributed by atoms with Gasteiger partial charge in [-0.15, -0.1) is 0 Å². The molecule has 0 saturated heterocycles. The first-order valence-corrected chi connectivity index (χ1v) is 6.76. The van der Waals surface area contributed by atoms with E-state index in [2.05, 4.69) is 0 Å². The first-order chi connectivity index (χ1) is 11.0. The molecular formula is C17H14O6. The molecule has 0 atom stereocenters. The number of aromatic hydroxyl groups is 2. The smallest absolute Gasteiger partial charge is 0.344 e. The van der Waals surface area contributed by atoms with Gasteiger partial charge in [-0.05, 0) is 35.9 Å². The second-order valence-electron chi connectivity index (χ2n) is 4.87. The average Bonchev–Trinajstić information content (AvgIpc) is 2.57. The zero-order valence-corrected chi connectivity index (χ0v) is 12.5. The zero-order valence-electron chi connectivity index (χ0n) is 12.5. The van der Waals surface area contributed by atoms with Crippen molar-refractivity contribution in [3.8, 4) is 34.1 Å². The van der Waals surface area contributed by atoms with Gasteiger partial charge < -0.3 is 24.1 Å². The van der Waals surface area contributed by atoms with Crippen LogP contribution in [0.25, 0.3) is 22.1 Å². The lowest BCUT2D eigenvalue weighted by Gasteiger charge is -2.10. The molecule has 2 N–H and O–H groups in total. The van der Waals surface area contributed by atoms with E-state index in [1.165, 1.54) is 20.3 Å². The summed E-state index contributed by atoms with van der Waals surface area (Å²) in [6.45, 7) is 0. The fourth-order valence-corrected chi connectivity index (χ4v) is 2.36. The molecule has 0 bridgehead atoms. The summed E-state index contributed by atoms with van der Waals surface area (Å²) in [5.74, 6) is 0.222. The highest BCUT2D eigenvalue weighted by Crippen LogP contribution is 2.35. The highest BCUT2D eigenvalue weighted by molar-refractivity contribution is 5.88. The van der Waals surface area contributed by atoms with Crippen molar-refractivity contribution in [3.63, 3.8) is 0 Å². The van der Waals surface area contributed by atoms with Gasteiger partial charge in [-0.3, -0.25) is 0 Å². The van der Waals surface area contributed by atoms with Crippen molar-refractivity contribution >= 4 is 11.0 Å². The third-order valence-corrected chi connectivity index (χ3v) is 3.55. The van der Waals surface area contributed by atoms with Crippen molar-refractivity contribution in [1.82, 2.24) is 0 Å². The van der Waals surface area contributed by atoms with E-state index in [9.17, 15) is 15.0 Å². The molecule has 0 aliphatic rings. The van der Waals surface area contributed by atoms with Crippen LogP contribution in [0.4, 0.5) is 0 Å². The Kier molecular flexibility index (Phi) is 3.57. The van der Waals surface area contributed by atoms with Gasteiger partial charge in [-0.1, -0.05) is 6.07 Å². The number of phenolic OH excluding ortho intramolecular Hbond substituents is 2. The molecule has 118 valence electrons. The largest absolute Gasteiger partial charge is 0.504 e. The van der Waals surface area contributed by atoms with E-state index in [0.717, 1.165) is 0 Å². The molecule has 6 nitrogen and oxygen atoms in total. The summed E-state index contributed by atoms with van der Waals surface area (Å²) in [6, 6.07) is 9.53. The van der Waals surface area contributed by atoms with E-state index in [4.69, 9.17) is 13.9 Å². The van der Waals surface area contributed by atoms with Gasteiger partial charge in [-0.25, -0.2) is 4.79 Å². The third-order valence-electron chi connectivity index (χ3n) is 3.55. The summed E-state index contributed by atoms with van der Waals surface area (Å²) in [5.41, 5.74) is 0.208. The Morgan fingerprint density at radius 1 is 0.957 bits per heavy atom. The number of benzene rings is 2. The summed E-state index contributed by atoms with van der Waals surface area (Å²) in [6.07, 6.45) is 0. The van der Waals surface area contributed by atoms with Crippen LogP contribution in [0.1, 0.15) is 0 Å². The van der Waals surface area contributed by atoms with Crippen LogP contribution in [0, 0.1) is 0 Å². The van der Waals surface area contributed by atoms with Gasteiger partial charge in [0.2, 0.25) is 5.75 Å². The molecule has 0 unspecified atom stereocenters. The van der Waals surface area contributed by atoms with Crippen molar-refractivity contribution in [2.45, 2.75) is 0 Å². The molecule has 0 aliphatic heterocycles. The van der Waals surface area contributed by atoms with E-state index in [1.807, 2.05) is 0 Å². The normalized spacial score (nSPS) is 10.7. The Morgan fingerprint density at radius 3 is 2.39 bits per heavy atom. The second-order valence-corrected chi connectivity index (χ2v) is 4.87. The minimum absolute atomic E-state index is 0.0563. The lowest BCUT2D eigenvalue weighted by Crippen LogP contribution is -2.03. The van der Waals surface area contributed by atoms with Crippen LogP contribution in [-0.2, 0) is 0 Å². The number of phenols is 2. The molecule has 0 radical (unpaired) electrons. The van der Waals surface area contributed by atoms with Crippen molar-refractivity contribution in [2.24, 2.45) is 0 Å². The van der Waals surface area contributed by atoms with E-state index in [-0.39, 0.29) is 11.3 Å². The molecule has 1 aromatic heterocycles. The van der Waals surface area contributed by atoms with Gasteiger partial charge in [0.25, 0.3) is 0 Å². The number of fused-ring (bicyclic) bond motifs is 1. The lowest BCUT2D eigenvalue weighted by atomic mass is 10.0. The van der Waals surface area contributed by atoms with E-state index >= 15 is 0 Å². The molecule has 0 aliphatic carbocycles. The maximum atomic E-state index is 12.2. The van der Waals surface area contributed by atoms with Gasteiger partial charge in [0, 0.05) is 5.39 Å². The zero-order chi connectivity index (χ0) is 16.6. The number of rotatable bonds is 3. The molecule has 0 saturated carbocycles. The minimum Gasteiger partial charge on any atom is -0.504 e. The van der Waals surface area contributed by atoms with Crippen LogP contribution in [0.5, 0.6) is 23.0 Å². The van der Waals surface area contributed by atoms with Crippen LogP contribution < -0.4 is 15.1 Å². The monoisotopic (exact) mass is 314 g/mol. The molecule has 3 rings (SSSR count). The van der Waals surface area contributed by atoms with Crippen LogP contribution in [0.15, 0.2) is 45.6 Å². The van der Waals surface area contributed by atoms with Gasteiger partial charge in [0.15, 0.2) is 22.8 Å². The average molecular weight is 314 g/mol. The Bertz CT molecular complexity index is 942. The molecule has 2 aromatic carbocycles. The highest BCUT2D eigenvalue weighted by atomic mass is 16.5. The van der Waals surface area contributed by atoms with Crippen LogP contribution >= 0.6 is 0 Å². The molecular weight excluding hydrogens is 300 g/mol. The highest BCUT2D eigenvalue weighted by Gasteiger charge is 2.14. The SMILES string of the molecule is COc1ccc(-c2cc3ccc(O)c(O)c3oc2=O)cc1OC. The molecule has 3 aromatic rings. The third kappa shape index (κ3) is 2.44. The van der Waals surface area contributed by atoms with E-state index in [1.54, 1.807) is 30.3 Å². The fraction of sp³-hybridized carbons (Fsp3) is 0.118. The summed E-state index contributed by atoms with van der Waals surface area (Å²) >= 11 is 0. The molecule has 6 heteroatoms. The summed E-state index contributed by atoms with van der Waals surface area (Å²) in [4.78, 5) is 12.2. The topological polar surface area (TPSA) is 89.1 Å². The van der Waals surface area contributed by atoms with Crippen molar-refractivity contribution in [3.05, 3.63) is 46.8 Å². The molecule has 0 spiro atoms. The maximum Gasteiger partial charge on any atom is 0.344 e. The number of hydrogen-bond acceptors (Lipinski definition) is 6. The summed E-state index contributed by atoms with van der Waals surface area (Å²) < 4.78 is 15.6. The predicted molar refractivity (Wildman–Crippen MR) is 84.4 cm³/mol. The standard InChI is InChI=1S/C17H14O6/c1-21-13-6-4-9(8-14(13)22-2)11-7-10-3-5-12(18)15(19)16(10)23-17(11)20/h3-8,18-19H,1-2H3. The fourth-order valence-electron chi connectivity index (χ4n) is 2.36. The predicted octanol–water partition coefficient (Wildman–Crippen LogP) is 2.89. The number of methoxy groups -OCH3 is 2. The van der Waals surface area contributed by atoms with Gasteiger partial charge in [-0.2, -0.15) is 0 Å². The maximum absolute atomic E-state index is 12.2. The van der Waals surface area contributed by atoms with Crippen LogP contribution in [0.3, 0.4) is 0 Å². The van der Waals surface area contributed by atoms with Gasteiger partial charge in [0.05, 0.1) is 19.8 Å². The summed E-state index contributed by atoms with van der Waals surface area (Å²) in [7, 11) is 3.03. The van der Waals surface area contributed by atoms with Gasteiger partial charge >= 0.3 is 5.63 Å². The van der Waals surface area contributed by atoms with Crippen LogP contribution in [-0.4, -0.2) is 24.4 Å². The Labute approximate surface area is 131 Å². The second kappa shape index (κ2) is 5.57. The van der Waals surface area contributed by atoms with E-state index < -0.39 is 11.4 Å². The Balaban J connectivity index is 2.23. The first kappa shape index (κ1) is 14.8. The molecule has 0 amide bonds. The Hall–Kier alpha value is -3.15. The number of hydrogen-bond donors (Lipinski definition) is 2. The van der Waals surface area contributed by atoms with Crippen molar-refractivity contribution in [1.29, 1.82) is 0 Å². The molecule has 1 heterocycles. The van der Waals surface area contributed by atoms with Crippen molar-refractivity contribution in [2.75, 3.05) is 14.2 Å². The lowest BCUT2D eigenvalue weighted by molar-refractivity contribution is 0.355. The van der Waals surface area contributed by atoms with Gasteiger partial charge in [0.1, 0.15) is 0 Å². The quantitative estimate of drug-likeness (QED) is 0.571. The van der Waals surface area contributed by atoms with Crippen LogP contribution in [0.2, 0.25) is 0 Å². The van der Waals surface area contributed by atoms with E-state index in [0.29, 0.717) is 28.0 Å². The molecule has 0 fully saturated rings. The Morgan fingerprint density at radius 2 is 1.70 bits per heavy atom. The first-order valence-electron chi connectivity index (χ1n) is 6.76. The minimum atomic E-state index is -0.634. The van der Waals surface area contributed by atoms with Crippen molar-refractivity contribution < 1.29 is 24.1 Å². The summed E-state index contributed by atoms with van der Waals surface area (Å²) in [5, 5.41) is 19.7.